The number of carbonyl (C=O) groups excluding carboxylic acids is 2. The maximum absolute atomic E-state index is 13.0. The fourth-order valence-electron chi connectivity index (χ4n) is 3.05. The number of rotatable bonds is 8. The molecule has 31 heavy (non-hydrogen) atoms. The van der Waals surface area contributed by atoms with Crippen molar-refractivity contribution in [3.8, 4) is 5.75 Å². The summed E-state index contributed by atoms with van der Waals surface area (Å²) < 4.78 is 18.7. The lowest BCUT2D eigenvalue weighted by Crippen LogP contribution is -2.22. The molecule has 1 aliphatic carbocycles. The highest BCUT2D eigenvalue weighted by molar-refractivity contribution is 5.95. The smallest absolute Gasteiger partial charge is 0.251 e. The first-order valence-electron chi connectivity index (χ1n) is 10.2. The molecule has 0 radical (unpaired) electrons. The molecule has 158 valence electrons. The second kappa shape index (κ2) is 9.43. The van der Waals surface area contributed by atoms with Crippen LogP contribution in [0.2, 0.25) is 0 Å². The first-order valence-corrected chi connectivity index (χ1v) is 10.2. The summed E-state index contributed by atoms with van der Waals surface area (Å²) in [6.45, 7) is 0.658. The van der Waals surface area contributed by atoms with Crippen molar-refractivity contribution < 1.29 is 18.7 Å². The van der Waals surface area contributed by atoms with Crippen molar-refractivity contribution in [2.45, 2.75) is 26.0 Å². The average molecular weight is 418 g/mol. The molecule has 0 spiro atoms. The number of hydrogen-bond acceptors (Lipinski definition) is 3. The van der Waals surface area contributed by atoms with Crippen LogP contribution in [0.5, 0.6) is 5.75 Å². The van der Waals surface area contributed by atoms with Crippen LogP contribution in [0.15, 0.2) is 72.8 Å². The molecular weight excluding hydrogens is 395 g/mol. The molecule has 3 aromatic rings. The van der Waals surface area contributed by atoms with E-state index in [9.17, 15) is 14.0 Å². The van der Waals surface area contributed by atoms with Gasteiger partial charge in [-0.05, 0) is 66.4 Å². The van der Waals surface area contributed by atoms with Gasteiger partial charge in [-0.25, -0.2) is 4.39 Å². The molecule has 0 saturated heterocycles. The standard InChI is InChI=1S/C25H23FN2O3/c26-21-10-4-18(5-11-21)16-31-23-3-1-2-20(14-23)24(29)27-15-17-6-12-22(13-7-17)28-25(30)19-8-9-19/h1-7,10-14,19H,8-9,15-16H2,(H,27,29)(H,28,30). The largest absolute Gasteiger partial charge is 0.489 e. The number of anilines is 1. The number of amides is 2. The Morgan fingerprint density at radius 2 is 1.65 bits per heavy atom. The predicted octanol–water partition coefficient (Wildman–Crippen LogP) is 4.68. The first kappa shape index (κ1) is 20.6. The Morgan fingerprint density at radius 3 is 2.35 bits per heavy atom. The van der Waals surface area contributed by atoms with Crippen LogP contribution in [-0.2, 0) is 17.9 Å². The number of hydrogen-bond donors (Lipinski definition) is 2. The van der Waals surface area contributed by atoms with Crippen molar-refractivity contribution in [1.82, 2.24) is 5.32 Å². The molecule has 2 amide bonds. The van der Waals surface area contributed by atoms with Gasteiger partial charge in [0.1, 0.15) is 18.2 Å². The average Bonchev–Trinajstić information content (AvgIpc) is 3.64. The third-order valence-electron chi connectivity index (χ3n) is 5.04. The third-order valence-corrected chi connectivity index (χ3v) is 5.04. The number of halogens is 1. The highest BCUT2D eigenvalue weighted by atomic mass is 19.1. The van der Waals surface area contributed by atoms with Crippen molar-refractivity contribution >= 4 is 17.5 Å². The minimum atomic E-state index is -0.292. The van der Waals surface area contributed by atoms with E-state index >= 15 is 0 Å². The molecule has 0 heterocycles. The fraction of sp³-hybridized carbons (Fsp3) is 0.200. The Balaban J connectivity index is 1.28. The summed E-state index contributed by atoms with van der Waals surface area (Å²) in [7, 11) is 0. The molecule has 0 aliphatic heterocycles. The maximum atomic E-state index is 13.0. The monoisotopic (exact) mass is 418 g/mol. The Morgan fingerprint density at radius 1 is 0.935 bits per heavy atom. The van der Waals surface area contributed by atoms with Crippen molar-refractivity contribution in [2.24, 2.45) is 5.92 Å². The van der Waals surface area contributed by atoms with Gasteiger partial charge in [-0.3, -0.25) is 9.59 Å². The van der Waals surface area contributed by atoms with E-state index in [-0.39, 0.29) is 30.2 Å². The quantitative estimate of drug-likeness (QED) is 0.558. The molecule has 0 aromatic heterocycles. The summed E-state index contributed by atoms with van der Waals surface area (Å²) in [5.74, 6) is 0.295. The second-order valence-electron chi connectivity index (χ2n) is 7.59. The van der Waals surface area contributed by atoms with E-state index in [1.165, 1.54) is 12.1 Å². The zero-order valence-corrected chi connectivity index (χ0v) is 16.9. The van der Waals surface area contributed by atoms with Gasteiger partial charge >= 0.3 is 0 Å². The zero-order chi connectivity index (χ0) is 21.6. The van der Waals surface area contributed by atoms with Crippen LogP contribution in [0, 0.1) is 11.7 Å². The van der Waals surface area contributed by atoms with Crippen molar-refractivity contribution in [3.05, 3.63) is 95.3 Å². The molecule has 3 aromatic carbocycles. The van der Waals surface area contributed by atoms with Gasteiger partial charge in [0, 0.05) is 23.7 Å². The van der Waals surface area contributed by atoms with Gasteiger partial charge in [0.15, 0.2) is 0 Å². The molecule has 2 N–H and O–H groups in total. The Bertz CT molecular complexity index is 1060. The number of carbonyl (C=O) groups is 2. The van der Waals surface area contributed by atoms with Crippen LogP contribution in [0.3, 0.4) is 0 Å². The second-order valence-corrected chi connectivity index (χ2v) is 7.59. The van der Waals surface area contributed by atoms with Crippen molar-refractivity contribution in [2.75, 3.05) is 5.32 Å². The summed E-state index contributed by atoms with van der Waals surface area (Å²) in [5.41, 5.74) is 3.03. The van der Waals surface area contributed by atoms with Crippen LogP contribution >= 0.6 is 0 Å². The van der Waals surface area contributed by atoms with Gasteiger partial charge < -0.3 is 15.4 Å². The van der Waals surface area contributed by atoms with Gasteiger partial charge in [-0.2, -0.15) is 0 Å². The molecule has 1 saturated carbocycles. The van der Waals surface area contributed by atoms with Gasteiger partial charge in [0.2, 0.25) is 5.91 Å². The van der Waals surface area contributed by atoms with E-state index in [1.54, 1.807) is 36.4 Å². The van der Waals surface area contributed by atoms with Crippen LogP contribution in [0.1, 0.15) is 34.3 Å². The Kier molecular flexibility index (Phi) is 6.26. The predicted molar refractivity (Wildman–Crippen MR) is 116 cm³/mol. The van der Waals surface area contributed by atoms with E-state index in [1.807, 2.05) is 24.3 Å². The van der Waals surface area contributed by atoms with Crippen LogP contribution in [0.4, 0.5) is 10.1 Å². The highest BCUT2D eigenvalue weighted by Crippen LogP contribution is 2.30. The lowest BCUT2D eigenvalue weighted by Gasteiger charge is -2.10. The molecule has 0 atom stereocenters. The number of ether oxygens (including phenoxy) is 1. The SMILES string of the molecule is O=C(NCc1ccc(NC(=O)C2CC2)cc1)c1cccc(OCc2ccc(F)cc2)c1. The minimum absolute atomic E-state index is 0.0718. The van der Waals surface area contributed by atoms with E-state index < -0.39 is 0 Å². The summed E-state index contributed by atoms with van der Waals surface area (Å²) in [5, 5.41) is 5.78. The first-order chi connectivity index (χ1) is 15.1. The van der Waals surface area contributed by atoms with Gasteiger partial charge in [0.05, 0.1) is 0 Å². The summed E-state index contributed by atoms with van der Waals surface area (Å²) in [6.07, 6.45) is 1.93. The van der Waals surface area contributed by atoms with Crippen LogP contribution in [-0.4, -0.2) is 11.8 Å². The molecule has 4 rings (SSSR count). The highest BCUT2D eigenvalue weighted by Gasteiger charge is 2.29. The van der Waals surface area contributed by atoms with E-state index in [0.29, 0.717) is 17.9 Å². The summed E-state index contributed by atoms with van der Waals surface area (Å²) in [6, 6.07) is 20.5. The molecular formula is C25H23FN2O3. The fourth-order valence-corrected chi connectivity index (χ4v) is 3.05. The Hall–Kier alpha value is -3.67. The molecule has 6 heteroatoms. The van der Waals surface area contributed by atoms with Crippen molar-refractivity contribution in [3.63, 3.8) is 0 Å². The van der Waals surface area contributed by atoms with Gasteiger partial charge in [-0.1, -0.05) is 30.3 Å². The van der Waals surface area contributed by atoms with Crippen LogP contribution < -0.4 is 15.4 Å². The lowest BCUT2D eigenvalue weighted by molar-refractivity contribution is -0.117. The number of nitrogens with one attached hydrogen (secondary N) is 2. The van der Waals surface area contributed by atoms with Crippen molar-refractivity contribution in [1.29, 1.82) is 0 Å². The third kappa shape index (κ3) is 5.92. The molecule has 0 unspecified atom stereocenters. The topological polar surface area (TPSA) is 67.4 Å². The molecule has 0 bridgehead atoms. The maximum Gasteiger partial charge on any atom is 0.251 e. The summed E-state index contributed by atoms with van der Waals surface area (Å²) >= 11 is 0. The Labute approximate surface area is 180 Å². The van der Waals surface area contributed by atoms with E-state index in [4.69, 9.17) is 4.74 Å². The van der Waals surface area contributed by atoms with E-state index in [2.05, 4.69) is 10.6 Å². The summed E-state index contributed by atoms with van der Waals surface area (Å²) in [4.78, 5) is 24.3. The normalized spacial score (nSPS) is 12.8. The van der Waals surface area contributed by atoms with E-state index in [0.717, 1.165) is 29.7 Å². The molecule has 5 nitrogen and oxygen atoms in total. The van der Waals surface area contributed by atoms with Gasteiger partial charge in [-0.15, -0.1) is 0 Å². The lowest BCUT2D eigenvalue weighted by atomic mass is 10.1. The molecule has 1 fully saturated rings. The minimum Gasteiger partial charge on any atom is -0.489 e. The van der Waals surface area contributed by atoms with Crippen LogP contribution in [0.25, 0.3) is 0 Å². The number of benzene rings is 3. The zero-order valence-electron chi connectivity index (χ0n) is 16.9. The molecule has 1 aliphatic rings. The van der Waals surface area contributed by atoms with Gasteiger partial charge in [0.25, 0.3) is 5.91 Å².